The van der Waals surface area contributed by atoms with Crippen LogP contribution >= 0.6 is 11.6 Å². The lowest BCUT2D eigenvalue weighted by Crippen LogP contribution is -2.75. The van der Waals surface area contributed by atoms with Crippen molar-refractivity contribution < 1.29 is 31.9 Å². The molecule has 9 rings (SSSR count). The minimum Gasteiger partial charge on any atom is -0.489 e. The molecule has 0 bridgehead atoms. The molecule has 6 aliphatic rings. The van der Waals surface area contributed by atoms with E-state index in [2.05, 4.69) is 64.8 Å². The third-order valence-corrected chi connectivity index (χ3v) is 17.5. The third-order valence-electron chi connectivity index (χ3n) is 15.5. The first-order chi connectivity index (χ1) is 31.8. The van der Waals surface area contributed by atoms with Crippen LogP contribution in [0.15, 0.2) is 65.7 Å². The third kappa shape index (κ3) is 8.97. The second kappa shape index (κ2) is 18.0. The fourth-order valence-corrected chi connectivity index (χ4v) is 13.1. The van der Waals surface area contributed by atoms with E-state index in [1.54, 1.807) is 62.6 Å². The summed E-state index contributed by atoms with van der Waals surface area (Å²) in [5.74, 6) is 0.484. The molecule has 358 valence electrons. The van der Waals surface area contributed by atoms with Crippen LogP contribution in [0.4, 0.5) is 4.39 Å². The minimum absolute atomic E-state index is 0.0130. The fourth-order valence-electron chi connectivity index (χ4n) is 12.0. The molecule has 5 aliphatic heterocycles. The SMILES string of the molecule is CCS(=O)(=O)c1ccc(Oc2ccc(CN3CC4(CCN(C5NCC(C(=O)NC6C(C)(C)C(Oc7ccc(C#N)c(Cl)c7)C6(C)C)CN5)CC4)C3)c(F)c2)c(C2=CN(C)C(=O)C3NCCC23)c1. The van der Waals surface area contributed by atoms with Gasteiger partial charge in [0.2, 0.25) is 11.8 Å². The van der Waals surface area contributed by atoms with Crippen LogP contribution in [0, 0.1) is 45.2 Å². The van der Waals surface area contributed by atoms with Crippen molar-refractivity contribution in [1.82, 2.24) is 36.0 Å². The fraction of sp³-hybridized carbons (Fsp3) is 0.540. The highest BCUT2D eigenvalue weighted by molar-refractivity contribution is 7.91. The van der Waals surface area contributed by atoms with Crippen molar-refractivity contribution in [2.24, 2.45) is 28.1 Å². The van der Waals surface area contributed by atoms with Crippen LogP contribution in [0.2, 0.25) is 5.02 Å². The summed E-state index contributed by atoms with van der Waals surface area (Å²) in [6.07, 6.45) is 4.36. The molecule has 2 atom stereocenters. The number of hydrogen-bond donors (Lipinski definition) is 4. The van der Waals surface area contributed by atoms with Gasteiger partial charge in [-0.15, -0.1) is 0 Å². The Labute approximate surface area is 398 Å². The van der Waals surface area contributed by atoms with Gasteiger partial charge in [-0.1, -0.05) is 52.3 Å². The van der Waals surface area contributed by atoms with E-state index < -0.39 is 15.9 Å². The standard InChI is InChI=1S/C50H62ClFN8O6S/c1-7-67(63,64)35-12-13-41(37(22-35)38-27-58(6)44(62)42-36(38)14-17-54-42)65-34-11-9-31(40(52)21-34)26-59-28-50(29-59)15-18-60(19-16-50)47-55-24-32(25-56-47)43(61)57-45-48(2,3)46(49(45,4)5)66-33-10-8-30(23-53)39(51)20-33/h8-13,20-22,27,32,36,42,45-47,54-56H,7,14-19,24-26,28-29H2,1-6H3,(H,57,61). The number of nitrogens with one attached hydrogen (secondary N) is 4. The Morgan fingerprint density at radius 1 is 0.985 bits per heavy atom. The number of halogens is 2. The van der Waals surface area contributed by atoms with Gasteiger partial charge >= 0.3 is 0 Å². The zero-order valence-corrected chi connectivity index (χ0v) is 40.7. The molecule has 0 aromatic heterocycles. The van der Waals surface area contributed by atoms with E-state index in [1.807, 2.05) is 0 Å². The van der Waals surface area contributed by atoms with Crippen LogP contribution in [0.1, 0.15) is 70.6 Å². The predicted molar refractivity (Wildman–Crippen MR) is 253 cm³/mol. The van der Waals surface area contributed by atoms with Crippen molar-refractivity contribution in [2.45, 2.75) is 89.8 Å². The normalized spacial score (nSPS) is 27.8. The van der Waals surface area contributed by atoms with E-state index in [4.69, 9.17) is 21.1 Å². The Hall–Kier alpha value is -4.60. The van der Waals surface area contributed by atoms with Crippen molar-refractivity contribution in [3.05, 3.63) is 88.3 Å². The number of hydrogen-bond acceptors (Lipinski definition) is 12. The van der Waals surface area contributed by atoms with Crippen LogP contribution in [0.3, 0.4) is 0 Å². The Kier molecular flexibility index (Phi) is 12.8. The maximum absolute atomic E-state index is 15.8. The van der Waals surface area contributed by atoms with Crippen molar-refractivity contribution in [3.63, 3.8) is 0 Å². The highest BCUT2D eigenvalue weighted by atomic mass is 35.5. The highest BCUT2D eigenvalue weighted by Gasteiger charge is 2.64. The van der Waals surface area contributed by atoms with Gasteiger partial charge in [-0.2, -0.15) is 5.26 Å². The maximum atomic E-state index is 15.8. The lowest BCUT2D eigenvalue weighted by atomic mass is 9.49. The zero-order chi connectivity index (χ0) is 47.6. The molecule has 3 aromatic rings. The number of carbonyl (C=O) groups is 2. The van der Waals surface area contributed by atoms with Crippen LogP contribution in [-0.4, -0.2) is 118 Å². The summed E-state index contributed by atoms with van der Waals surface area (Å²) < 4.78 is 54.4. The monoisotopic (exact) mass is 956 g/mol. The van der Waals surface area contributed by atoms with Crippen LogP contribution in [0.5, 0.6) is 17.2 Å². The molecule has 1 spiro atoms. The first-order valence-electron chi connectivity index (χ1n) is 23.5. The molecule has 2 unspecified atom stereocenters. The molecule has 4 saturated heterocycles. The lowest BCUT2D eigenvalue weighted by molar-refractivity contribution is -0.174. The molecule has 14 nitrogen and oxygen atoms in total. The molecule has 67 heavy (non-hydrogen) atoms. The molecule has 2 amide bonds. The van der Waals surface area contributed by atoms with E-state index in [0.29, 0.717) is 65.1 Å². The smallest absolute Gasteiger partial charge is 0.244 e. The second-order valence-corrected chi connectivity index (χ2v) is 23.4. The van der Waals surface area contributed by atoms with E-state index in [9.17, 15) is 23.3 Å². The number of ether oxygens (including phenoxy) is 2. The molecule has 3 aromatic carbocycles. The van der Waals surface area contributed by atoms with Gasteiger partial charge in [0, 0.05) is 105 Å². The molecule has 5 fully saturated rings. The first-order valence-corrected chi connectivity index (χ1v) is 25.5. The molecule has 5 heterocycles. The number of fused-ring (bicyclic) bond motifs is 1. The molecule has 17 heteroatoms. The number of sulfone groups is 1. The van der Waals surface area contributed by atoms with Gasteiger partial charge in [0.25, 0.3) is 0 Å². The highest BCUT2D eigenvalue weighted by Crippen LogP contribution is 2.56. The van der Waals surface area contributed by atoms with E-state index in [-0.39, 0.29) is 74.8 Å². The van der Waals surface area contributed by atoms with E-state index in [1.165, 1.54) is 17.0 Å². The lowest BCUT2D eigenvalue weighted by Gasteiger charge is -2.63. The topological polar surface area (TPSA) is 168 Å². The number of nitriles is 1. The summed E-state index contributed by atoms with van der Waals surface area (Å²) in [7, 11) is -1.84. The second-order valence-electron chi connectivity index (χ2n) is 20.7. The summed E-state index contributed by atoms with van der Waals surface area (Å²) >= 11 is 6.27. The molecule has 4 N–H and O–H groups in total. The van der Waals surface area contributed by atoms with E-state index >= 15 is 4.39 Å². The molecular weight excluding hydrogens is 895 g/mol. The van der Waals surface area contributed by atoms with Crippen molar-refractivity contribution in [1.29, 1.82) is 5.26 Å². The van der Waals surface area contributed by atoms with Crippen LogP contribution in [-0.2, 0) is 26.0 Å². The number of amides is 2. The van der Waals surface area contributed by atoms with Crippen molar-refractivity contribution in [3.8, 4) is 23.3 Å². The largest absolute Gasteiger partial charge is 0.489 e. The number of carbonyl (C=O) groups excluding carboxylic acids is 2. The molecular formula is C50H62ClFN8O6S. The summed E-state index contributed by atoms with van der Waals surface area (Å²) in [5.41, 5.74) is 1.87. The number of rotatable bonds is 12. The zero-order valence-electron chi connectivity index (χ0n) is 39.1. The Balaban J connectivity index is 0.748. The van der Waals surface area contributed by atoms with Gasteiger partial charge in [0.15, 0.2) is 9.84 Å². The number of nitrogens with zero attached hydrogens (tertiary/aromatic N) is 4. The summed E-state index contributed by atoms with van der Waals surface area (Å²) in [6, 6.07) is 16.4. The molecule has 1 aliphatic carbocycles. The van der Waals surface area contributed by atoms with Gasteiger partial charge < -0.3 is 25.0 Å². The number of piperidine rings is 1. The number of likely N-dealkylation sites (N-methyl/N-ethyl adjacent to an activating group) is 1. The number of likely N-dealkylation sites (tertiary alicyclic amines) is 2. The Morgan fingerprint density at radius 2 is 1.69 bits per heavy atom. The van der Waals surface area contributed by atoms with Gasteiger partial charge in [0.1, 0.15) is 41.5 Å². The van der Waals surface area contributed by atoms with Gasteiger partial charge in [-0.25, -0.2) is 12.8 Å². The molecule has 1 saturated carbocycles. The Morgan fingerprint density at radius 3 is 2.34 bits per heavy atom. The molecule has 0 radical (unpaired) electrons. The van der Waals surface area contributed by atoms with Crippen LogP contribution < -0.4 is 30.7 Å². The summed E-state index contributed by atoms with van der Waals surface area (Å²) in [4.78, 5) is 33.0. The maximum Gasteiger partial charge on any atom is 0.244 e. The predicted octanol–water partition coefficient (Wildman–Crippen LogP) is 5.72. The van der Waals surface area contributed by atoms with Crippen LogP contribution in [0.25, 0.3) is 5.57 Å². The average molecular weight is 958 g/mol. The van der Waals surface area contributed by atoms with Gasteiger partial charge in [0.05, 0.1) is 33.2 Å². The average Bonchev–Trinajstić information content (AvgIpc) is 3.80. The minimum atomic E-state index is -3.53. The quantitative estimate of drug-likeness (QED) is 0.175. The first kappa shape index (κ1) is 47.5. The van der Waals surface area contributed by atoms with E-state index in [0.717, 1.165) is 51.0 Å². The van der Waals surface area contributed by atoms with Crippen molar-refractivity contribution in [2.75, 3.05) is 58.6 Å². The van der Waals surface area contributed by atoms with Crippen molar-refractivity contribution >= 4 is 38.8 Å². The van der Waals surface area contributed by atoms with Gasteiger partial charge in [-0.3, -0.25) is 30.0 Å². The summed E-state index contributed by atoms with van der Waals surface area (Å²) in [6.45, 7) is 15.9. The van der Waals surface area contributed by atoms with Gasteiger partial charge in [-0.05, 0) is 73.2 Å². The number of benzene rings is 3. The summed E-state index contributed by atoms with van der Waals surface area (Å²) in [5, 5.41) is 23.4. The Bertz CT molecular complexity index is 2600.